The van der Waals surface area contributed by atoms with Gasteiger partial charge in [-0.2, -0.15) is 0 Å². The number of rotatable bonds is 4. The fourth-order valence-electron chi connectivity index (χ4n) is 2.80. The van der Waals surface area contributed by atoms with E-state index in [-0.39, 0.29) is 12.0 Å². The molecule has 0 aromatic carbocycles. The lowest BCUT2D eigenvalue weighted by Gasteiger charge is -2.31. The van der Waals surface area contributed by atoms with Crippen molar-refractivity contribution in [2.45, 2.75) is 51.6 Å². The number of aliphatic imine (C=N–C) groups is 1. The summed E-state index contributed by atoms with van der Waals surface area (Å²) in [4.78, 5) is 4.84. The first-order valence-corrected chi connectivity index (χ1v) is 9.92. The Morgan fingerprint density at radius 3 is 2.58 bits per heavy atom. The van der Waals surface area contributed by atoms with Crippen molar-refractivity contribution in [3.63, 3.8) is 0 Å². The molecular weight excluding hydrogens is 280 g/mol. The van der Waals surface area contributed by atoms with E-state index in [4.69, 9.17) is 4.99 Å². The van der Waals surface area contributed by atoms with Crippen molar-refractivity contribution < 1.29 is 8.42 Å². The van der Waals surface area contributed by atoms with Crippen molar-refractivity contribution in [2.24, 2.45) is 16.8 Å². The number of hydrogen-bond acceptors (Lipinski definition) is 4. The van der Waals surface area contributed by atoms with Gasteiger partial charge in [0, 0.05) is 17.7 Å². The van der Waals surface area contributed by atoms with Crippen LogP contribution in [-0.4, -0.2) is 37.6 Å². The smallest absolute Gasteiger partial charge is 0.208 e. The predicted octanol–water partition coefficient (Wildman–Crippen LogP) is 2.26. The lowest BCUT2D eigenvalue weighted by molar-refractivity contribution is 0.359. The van der Waals surface area contributed by atoms with E-state index in [1.807, 2.05) is 11.8 Å². The van der Waals surface area contributed by atoms with Crippen LogP contribution in [0, 0.1) is 11.8 Å². The summed E-state index contributed by atoms with van der Waals surface area (Å²) in [7, 11) is -3.13. The number of nitrogens with one attached hydrogen (secondary N) is 1. The molecule has 1 fully saturated rings. The van der Waals surface area contributed by atoms with Crippen LogP contribution in [-0.2, 0) is 10.0 Å². The molecule has 0 spiro atoms. The molecule has 1 aliphatic heterocycles. The molecule has 3 atom stereocenters. The first kappa shape index (κ1) is 15.3. The van der Waals surface area contributed by atoms with Gasteiger partial charge in [-0.15, -0.1) is 11.8 Å². The minimum absolute atomic E-state index is 0.0425. The molecule has 0 amide bonds. The summed E-state index contributed by atoms with van der Waals surface area (Å²) in [5.74, 6) is 1.90. The lowest BCUT2D eigenvalue weighted by atomic mass is 9.85. The third-order valence-electron chi connectivity index (χ3n) is 3.91. The molecule has 0 unspecified atom stereocenters. The Balaban J connectivity index is 2.10. The van der Waals surface area contributed by atoms with Crippen molar-refractivity contribution in [3.8, 4) is 0 Å². The van der Waals surface area contributed by atoms with E-state index in [0.29, 0.717) is 12.0 Å². The Morgan fingerprint density at radius 1 is 1.32 bits per heavy atom. The third kappa shape index (κ3) is 4.20. The van der Waals surface area contributed by atoms with Gasteiger partial charge in [0.15, 0.2) is 0 Å². The summed E-state index contributed by atoms with van der Waals surface area (Å²) >= 11 is 1.83. The highest BCUT2D eigenvalue weighted by atomic mass is 32.2. The first-order valence-electron chi connectivity index (χ1n) is 7.04. The summed E-state index contributed by atoms with van der Waals surface area (Å²) in [5.41, 5.74) is 0. The maximum absolute atomic E-state index is 11.5. The third-order valence-corrected chi connectivity index (χ3v) is 5.86. The van der Waals surface area contributed by atoms with Gasteiger partial charge in [-0.05, 0) is 18.8 Å². The molecule has 0 saturated heterocycles. The molecule has 0 aromatic heterocycles. The second-order valence-electron chi connectivity index (χ2n) is 5.98. The molecule has 1 saturated carbocycles. The van der Waals surface area contributed by atoms with Gasteiger partial charge in [0.05, 0.1) is 17.3 Å². The van der Waals surface area contributed by atoms with Crippen molar-refractivity contribution in [2.75, 3.05) is 12.0 Å². The molecule has 0 radical (unpaired) electrons. The van der Waals surface area contributed by atoms with Gasteiger partial charge in [-0.1, -0.05) is 26.7 Å². The van der Waals surface area contributed by atoms with Gasteiger partial charge in [-0.25, -0.2) is 13.1 Å². The summed E-state index contributed by atoms with van der Waals surface area (Å²) < 4.78 is 25.8. The fraction of sp³-hybridized carbons (Fsp3) is 0.923. The lowest BCUT2D eigenvalue weighted by Crippen LogP contribution is -2.43. The van der Waals surface area contributed by atoms with Gasteiger partial charge in [0.1, 0.15) is 0 Å². The van der Waals surface area contributed by atoms with Crippen LogP contribution in [0.4, 0.5) is 0 Å². The van der Waals surface area contributed by atoms with Gasteiger partial charge in [0.2, 0.25) is 10.0 Å². The van der Waals surface area contributed by atoms with Crippen LogP contribution < -0.4 is 4.72 Å². The molecule has 1 aliphatic carbocycles. The van der Waals surface area contributed by atoms with Crippen LogP contribution in [0.15, 0.2) is 4.99 Å². The average molecular weight is 304 g/mol. The van der Waals surface area contributed by atoms with Crippen LogP contribution >= 0.6 is 11.8 Å². The Morgan fingerprint density at radius 2 is 2.00 bits per heavy atom. The van der Waals surface area contributed by atoms with Crippen molar-refractivity contribution in [1.82, 2.24) is 4.72 Å². The monoisotopic (exact) mass is 304 g/mol. The zero-order valence-corrected chi connectivity index (χ0v) is 13.6. The van der Waals surface area contributed by atoms with E-state index < -0.39 is 10.0 Å². The highest BCUT2D eigenvalue weighted by molar-refractivity contribution is 8.14. The second-order valence-corrected chi connectivity index (χ2v) is 8.80. The highest BCUT2D eigenvalue weighted by Crippen LogP contribution is 2.35. The fourth-order valence-corrected chi connectivity index (χ4v) is 5.13. The first-order chi connectivity index (χ1) is 8.87. The van der Waals surface area contributed by atoms with E-state index >= 15 is 0 Å². The van der Waals surface area contributed by atoms with Gasteiger partial charge >= 0.3 is 0 Å². The minimum Gasteiger partial charge on any atom is -0.278 e. The molecule has 110 valence electrons. The summed E-state index contributed by atoms with van der Waals surface area (Å²) in [6.45, 7) is 4.40. The molecular formula is C13H24N2O2S2. The standard InChI is InChI=1S/C13H24N2O2S2/c1-9(2)12-8-18-13(14-12)10-6-4-5-7-11(10)15-19(3,16)17/h9-12,15H,4-8H2,1-3H3/t10-,11-,12-/m1/s1. The summed E-state index contributed by atoms with van der Waals surface area (Å²) in [6, 6.07) is 0.446. The Kier molecular flexibility index (Phi) is 4.95. The summed E-state index contributed by atoms with van der Waals surface area (Å²) in [5, 5.41) is 1.18. The zero-order chi connectivity index (χ0) is 14.0. The molecule has 1 heterocycles. The van der Waals surface area contributed by atoms with Crippen LogP contribution in [0.25, 0.3) is 0 Å². The van der Waals surface area contributed by atoms with E-state index in [2.05, 4.69) is 18.6 Å². The zero-order valence-electron chi connectivity index (χ0n) is 11.9. The maximum Gasteiger partial charge on any atom is 0.208 e. The molecule has 2 rings (SSSR count). The maximum atomic E-state index is 11.5. The molecule has 0 aromatic rings. The van der Waals surface area contributed by atoms with Crippen molar-refractivity contribution >= 4 is 26.8 Å². The van der Waals surface area contributed by atoms with E-state index in [1.54, 1.807) is 0 Å². The number of sulfonamides is 1. The molecule has 0 bridgehead atoms. The van der Waals surface area contributed by atoms with Crippen molar-refractivity contribution in [3.05, 3.63) is 0 Å². The number of nitrogens with zero attached hydrogens (tertiary/aromatic N) is 1. The van der Waals surface area contributed by atoms with Crippen LogP contribution in [0.3, 0.4) is 0 Å². The normalized spacial score (nSPS) is 32.6. The highest BCUT2D eigenvalue weighted by Gasteiger charge is 2.34. The van der Waals surface area contributed by atoms with Gasteiger partial charge in [0.25, 0.3) is 0 Å². The largest absolute Gasteiger partial charge is 0.278 e. The average Bonchev–Trinajstić information content (AvgIpc) is 2.76. The summed E-state index contributed by atoms with van der Waals surface area (Å²) in [6.07, 6.45) is 5.53. The Labute approximate surface area is 120 Å². The van der Waals surface area contributed by atoms with E-state index in [1.165, 1.54) is 17.7 Å². The second kappa shape index (κ2) is 6.14. The molecule has 1 N–H and O–H groups in total. The van der Waals surface area contributed by atoms with Crippen LogP contribution in [0.5, 0.6) is 0 Å². The van der Waals surface area contributed by atoms with Gasteiger partial charge in [-0.3, -0.25) is 4.99 Å². The van der Waals surface area contributed by atoms with Crippen LogP contribution in [0.2, 0.25) is 0 Å². The Bertz CT molecular complexity index is 446. The van der Waals surface area contributed by atoms with Crippen molar-refractivity contribution in [1.29, 1.82) is 0 Å². The molecule has 6 heteroatoms. The molecule has 2 aliphatic rings. The topological polar surface area (TPSA) is 58.5 Å². The number of hydrogen-bond donors (Lipinski definition) is 1. The van der Waals surface area contributed by atoms with Gasteiger partial charge < -0.3 is 0 Å². The van der Waals surface area contributed by atoms with E-state index in [9.17, 15) is 8.42 Å². The minimum atomic E-state index is -3.13. The molecule has 4 nitrogen and oxygen atoms in total. The molecule has 19 heavy (non-hydrogen) atoms. The predicted molar refractivity (Wildman–Crippen MR) is 82.2 cm³/mol. The van der Waals surface area contributed by atoms with Crippen LogP contribution in [0.1, 0.15) is 39.5 Å². The Hall–Kier alpha value is -0.0700. The number of thioether (sulfide) groups is 1. The quantitative estimate of drug-likeness (QED) is 0.867. The van der Waals surface area contributed by atoms with E-state index in [0.717, 1.165) is 25.0 Å². The SMILES string of the molecule is CC(C)[C@H]1CSC([C@@H]2CCCC[C@H]2NS(C)(=O)=O)=N1.